The molecule has 0 unspecified atom stereocenters. The first-order valence-corrected chi connectivity index (χ1v) is 7.92. The summed E-state index contributed by atoms with van der Waals surface area (Å²) in [6, 6.07) is 0.443. The fourth-order valence-electron chi connectivity index (χ4n) is 2.94. The lowest BCUT2D eigenvalue weighted by atomic mass is 9.98. The lowest BCUT2D eigenvalue weighted by Gasteiger charge is -2.15. The Balaban J connectivity index is 2.32. The molecule has 0 amide bonds. The number of nitrogens with zero attached hydrogens (tertiary/aromatic N) is 3. The van der Waals surface area contributed by atoms with Crippen molar-refractivity contribution in [3.05, 3.63) is 5.08 Å². The molecule has 0 aliphatic heterocycles. The van der Waals surface area contributed by atoms with E-state index in [1.807, 2.05) is 7.05 Å². The van der Waals surface area contributed by atoms with Crippen molar-refractivity contribution >= 4 is 0 Å². The Hall–Kier alpha value is -0.780. The quantitative estimate of drug-likeness (QED) is 0.478. The van der Waals surface area contributed by atoms with Crippen LogP contribution in [0.15, 0.2) is 0 Å². The average molecular weight is 252 g/mol. The van der Waals surface area contributed by atoms with Crippen LogP contribution in [0, 0.1) is 5.39 Å². The van der Waals surface area contributed by atoms with Gasteiger partial charge < -0.3 is 0 Å². The molecule has 0 atom stereocenters. The van der Waals surface area contributed by atoms with Gasteiger partial charge in [0.15, 0.2) is 0 Å². The van der Waals surface area contributed by atoms with E-state index in [4.69, 9.17) is 5.39 Å². The molecule has 1 rings (SSSR count). The highest BCUT2D eigenvalue weighted by Gasteiger charge is 2.20. The molecule has 0 spiro atoms. The first kappa shape index (κ1) is 15.3. The maximum Gasteiger partial charge on any atom is 0.305 e. The molecule has 0 N–H and O–H groups in total. The van der Waals surface area contributed by atoms with Crippen molar-refractivity contribution < 1.29 is 0 Å². The zero-order chi connectivity index (χ0) is 13.1. The molecule has 0 aromatic heterocycles. The van der Waals surface area contributed by atoms with Crippen molar-refractivity contribution in [3.8, 4) is 0 Å². The highest BCUT2D eigenvalue weighted by atomic mass is 15.5. The molecule has 1 aliphatic carbocycles. The molecule has 3 heteroatoms. The number of hydrogen-bond acceptors (Lipinski definition) is 2. The van der Waals surface area contributed by atoms with Crippen LogP contribution >= 0.6 is 0 Å². The average Bonchev–Trinajstić information content (AvgIpc) is 2.40. The Morgan fingerprint density at radius 2 is 1.06 bits per heavy atom. The minimum absolute atomic E-state index is 0.443. The summed E-state index contributed by atoms with van der Waals surface area (Å²) in [6.07, 6.45) is 17.5. The topological polar surface area (TPSA) is 31.4 Å². The van der Waals surface area contributed by atoms with Crippen molar-refractivity contribution in [2.24, 2.45) is 0 Å². The van der Waals surface area contributed by atoms with E-state index < -0.39 is 0 Å². The zero-order valence-corrected chi connectivity index (χ0v) is 12.1. The summed E-state index contributed by atoms with van der Waals surface area (Å²) in [5, 5.41) is 14.0. The highest BCUT2D eigenvalue weighted by molar-refractivity contribution is 4.70. The van der Waals surface area contributed by atoms with Crippen LogP contribution in [0.3, 0.4) is 0 Å². The predicted molar refractivity (Wildman–Crippen MR) is 76.7 cm³/mol. The van der Waals surface area contributed by atoms with Crippen LogP contribution in [-0.2, 0) is 0 Å². The number of rotatable bonds is 1. The van der Waals surface area contributed by atoms with E-state index >= 15 is 0 Å². The summed E-state index contributed by atoms with van der Waals surface area (Å²) in [6.45, 7) is 0. The van der Waals surface area contributed by atoms with Gasteiger partial charge in [0.05, 0.1) is 7.05 Å². The van der Waals surface area contributed by atoms with Crippen LogP contribution in [-0.4, -0.2) is 18.1 Å². The van der Waals surface area contributed by atoms with Gasteiger partial charge in [-0.1, -0.05) is 70.6 Å². The normalized spacial score (nSPS) is 21.8. The monoisotopic (exact) mass is 252 g/mol. The van der Waals surface area contributed by atoms with Gasteiger partial charge in [-0.25, -0.2) is 0 Å². The molecule has 1 saturated carbocycles. The third kappa shape index (κ3) is 6.83. The van der Waals surface area contributed by atoms with Gasteiger partial charge in [-0.15, -0.1) is 0 Å². The van der Waals surface area contributed by atoms with Crippen molar-refractivity contribution in [1.82, 2.24) is 5.01 Å². The van der Waals surface area contributed by atoms with E-state index in [0.29, 0.717) is 6.04 Å². The summed E-state index contributed by atoms with van der Waals surface area (Å²) in [5.74, 6) is 0. The molecule has 104 valence electrons. The van der Waals surface area contributed by atoms with Gasteiger partial charge in [-0.05, 0) is 17.9 Å². The fourth-order valence-corrected chi connectivity index (χ4v) is 2.94. The molecule has 1 aliphatic rings. The highest BCUT2D eigenvalue weighted by Crippen LogP contribution is 2.19. The first-order chi connectivity index (χ1) is 8.84. The molecule has 0 aromatic rings. The molecule has 0 bridgehead atoms. The Kier molecular flexibility index (Phi) is 8.63. The lowest BCUT2D eigenvalue weighted by Crippen LogP contribution is -2.25. The van der Waals surface area contributed by atoms with E-state index in [1.54, 1.807) is 5.01 Å². The van der Waals surface area contributed by atoms with E-state index in [0.717, 1.165) is 0 Å². The van der Waals surface area contributed by atoms with Crippen LogP contribution in [0.4, 0.5) is 0 Å². The molecule has 3 nitrogen and oxygen atoms in total. The van der Waals surface area contributed by atoms with Crippen LogP contribution in [0.5, 0.6) is 0 Å². The molecule has 18 heavy (non-hydrogen) atoms. The summed E-state index contributed by atoms with van der Waals surface area (Å²) in [7, 11) is 1.90. The lowest BCUT2D eigenvalue weighted by molar-refractivity contribution is 0.270. The van der Waals surface area contributed by atoms with E-state index in [1.165, 1.54) is 83.5 Å². The molecule has 0 radical (unpaired) electrons. The number of diazo groups is 1. The molecular formula is C15H30N3+. The standard InChI is InChI=1S/C15H30N3/c1-18(17-16)15-13-11-9-7-5-3-2-4-6-8-10-12-14-15/h15H,2-14H2,1H3/q+1. The third-order valence-electron chi connectivity index (χ3n) is 4.24. The SMILES string of the molecule is CN([N+]#N)C1CCCCCCCCCCCCC1. The maximum absolute atomic E-state index is 8.91. The predicted octanol–water partition coefficient (Wildman–Crippen LogP) is 5.14. The van der Waals surface area contributed by atoms with E-state index in [9.17, 15) is 0 Å². The molecule has 0 aromatic carbocycles. The molecule has 0 saturated heterocycles. The van der Waals surface area contributed by atoms with Crippen LogP contribution < -0.4 is 0 Å². The Morgan fingerprint density at radius 3 is 1.39 bits per heavy atom. The zero-order valence-electron chi connectivity index (χ0n) is 12.1. The maximum atomic E-state index is 8.91. The largest absolute Gasteiger partial charge is 0.305 e. The summed E-state index contributed by atoms with van der Waals surface area (Å²) in [5.41, 5.74) is 0. The second-order valence-electron chi connectivity index (χ2n) is 5.78. The van der Waals surface area contributed by atoms with Crippen LogP contribution in [0.1, 0.15) is 83.5 Å². The van der Waals surface area contributed by atoms with Crippen molar-refractivity contribution in [1.29, 1.82) is 5.39 Å². The summed E-state index contributed by atoms with van der Waals surface area (Å²) >= 11 is 0. The van der Waals surface area contributed by atoms with Gasteiger partial charge in [0.2, 0.25) is 0 Å². The second kappa shape index (κ2) is 10.2. The van der Waals surface area contributed by atoms with Gasteiger partial charge in [0.25, 0.3) is 5.39 Å². The van der Waals surface area contributed by atoms with Crippen LogP contribution in [0.25, 0.3) is 5.08 Å². The molecule has 1 fully saturated rings. The van der Waals surface area contributed by atoms with Gasteiger partial charge in [-0.3, -0.25) is 0 Å². The Morgan fingerprint density at radius 1 is 0.722 bits per heavy atom. The minimum atomic E-state index is 0.443. The van der Waals surface area contributed by atoms with E-state index in [2.05, 4.69) is 5.08 Å². The third-order valence-corrected chi connectivity index (χ3v) is 4.24. The number of hydrogen-bond donors (Lipinski definition) is 0. The fraction of sp³-hybridized carbons (Fsp3) is 1.00. The minimum Gasteiger partial charge on any atom is -0.0533 e. The van der Waals surface area contributed by atoms with Crippen molar-refractivity contribution in [2.45, 2.75) is 89.5 Å². The van der Waals surface area contributed by atoms with E-state index in [-0.39, 0.29) is 0 Å². The first-order valence-electron chi connectivity index (χ1n) is 7.92. The van der Waals surface area contributed by atoms with Gasteiger partial charge >= 0.3 is 5.08 Å². The van der Waals surface area contributed by atoms with Gasteiger partial charge in [0.1, 0.15) is 6.04 Å². The summed E-state index contributed by atoms with van der Waals surface area (Å²) in [4.78, 5) is 0. The Labute approximate surface area is 113 Å². The molecular weight excluding hydrogens is 222 g/mol. The smallest absolute Gasteiger partial charge is 0.0533 e. The van der Waals surface area contributed by atoms with Crippen molar-refractivity contribution in [3.63, 3.8) is 0 Å². The van der Waals surface area contributed by atoms with Gasteiger partial charge in [0, 0.05) is 0 Å². The van der Waals surface area contributed by atoms with Gasteiger partial charge in [-0.2, -0.15) is 0 Å². The second-order valence-corrected chi connectivity index (χ2v) is 5.78. The van der Waals surface area contributed by atoms with Crippen LogP contribution in [0.2, 0.25) is 0 Å². The molecule has 0 heterocycles. The van der Waals surface area contributed by atoms with Crippen molar-refractivity contribution in [2.75, 3.05) is 7.05 Å². The summed E-state index contributed by atoms with van der Waals surface area (Å²) < 4.78 is 0. The Bertz CT molecular complexity index is 220.